The van der Waals surface area contributed by atoms with E-state index in [9.17, 15) is 18.0 Å². The first kappa shape index (κ1) is 22.5. The molecule has 30 heavy (non-hydrogen) atoms. The van der Waals surface area contributed by atoms with Gasteiger partial charge in [0.05, 0.1) is 15.7 Å². The lowest BCUT2D eigenvalue weighted by Gasteiger charge is -2.31. The van der Waals surface area contributed by atoms with E-state index in [0.29, 0.717) is 23.5 Å². The molecule has 1 saturated heterocycles. The molecule has 7 nitrogen and oxygen atoms in total. The Morgan fingerprint density at radius 2 is 2.03 bits per heavy atom. The number of amides is 2. The van der Waals surface area contributed by atoms with Crippen molar-refractivity contribution in [3.63, 3.8) is 0 Å². The molecular weight excluding hydrogens is 422 g/mol. The Morgan fingerprint density at radius 1 is 1.23 bits per heavy atom. The van der Waals surface area contributed by atoms with Crippen LogP contribution in [0.2, 0.25) is 0 Å². The van der Waals surface area contributed by atoms with Crippen LogP contribution < -0.4 is 10.0 Å². The Labute approximate surface area is 181 Å². The molecule has 2 amide bonds. The van der Waals surface area contributed by atoms with Crippen molar-refractivity contribution in [2.75, 3.05) is 13.1 Å². The lowest BCUT2D eigenvalue weighted by atomic mass is 9.97. The summed E-state index contributed by atoms with van der Waals surface area (Å²) in [6.07, 6.45) is 1.51. The fourth-order valence-electron chi connectivity index (χ4n) is 3.47. The molecule has 1 aromatic carbocycles. The number of rotatable bonds is 7. The van der Waals surface area contributed by atoms with Crippen LogP contribution >= 0.6 is 11.3 Å². The Bertz CT molecular complexity index is 987. The van der Waals surface area contributed by atoms with Crippen molar-refractivity contribution in [2.45, 2.75) is 44.2 Å². The quantitative estimate of drug-likeness (QED) is 0.679. The van der Waals surface area contributed by atoms with Crippen LogP contribution in [0.25, 0.3) is 0 Å². The minimum Gasteiger partial charge on any atom is -0.352 e. The highest BCUT2D eigenvalue weighted by Gasteiger charge is 2.29. The van der Waals surface area contributed by atoms with Crippen molar-refractivity contribution in [1.29, 1.82) is 0 Å². The van der Waals surface area contributed by atoms with Crippen LogP contribution in [0.1, 0.15) is 41.9 Å². The third-order valence-electron chi connectivity index (χ3n) is 4.88. The number of sulfonamides is 1. The van der Waals surface area contributed by atoms with Crippen molar-refractivity contribution in [3.8, 4) is 0 Å². The number of hydrogen-bond acceptors (Lipinski definition) is 5. The van der Waals surface area contributed by atoms with Crippen LogP contribution in [0.3, 0.4) is 0 Å². The summed E-state index contributed by atoms with van der Waals surface area (Å²) >= 11 is 1.40. The number of nitrogens with zero attached hydrogens (tertiary/aromatic N) is 1. The molecule has 1 unspecified atom stereocenters. The van der Waals surface area contributed by atoms with E-state index < -0.39 is 10.0 Å². The van der Waals surface area contributed by atoms with Gasteiger partial charge in [-0.2, -0.15) is 0 Å². The highest BCUT2D eigenvalue weighted by Crippen LogP contribution is 2.21. The second-order valence-corrected chi connectivity index (χ2v) is 10.4. The molecule has 1 aliphatic rings. The number of nitrogens with one attached hydrogen (secondary N) is 2. The predicted octanol–water partition coefficient (Wildman–Crippen LogP) is 2.60. The van der Waals surface area contributed by atoms with Crippen LogP contribution in [0.5, 0.6) is 0 Å². The SMILES string of the molecule is CC(C)NS(=O)(=O)c1cccc(CNC(=O)C2CCCN(C(=O)c3cccs3)C2)c1. The summed E-state index contributed by atoms with van der Waals surface area (Å²) in [5, 5.41) is 4.76. The first-order valence-corrected chi connectivity index (χ1v) is 12.3. The summed E-state index contributed by atoms with van der Waals surface area (Å²) in [4.78, 5) is 27.8. The smallest absolute Gasteiger partial charge is 0.263 e. The molecule has 2 heterocycles. The van der Waals surface area contributed by atoms with Crippen LogP contribution in [-0.2, 0) is 21.4 Å². The van der Waals surface area contributed by atoms with Gasteiger partial charge in [0.1, 0.15) is 0 Å². The largest absolute Gasteiger partial charge is 0.352 e. The van der Waals surface area contributed by atoms with Crippen LogP contribution in [-0.4, -0.2) is 44.3 Å². The number of benzene rings is 1. The van der Waals surface area contributed by atoms with Gasteiger partial charge in [-0.3, -0.25) is 9.59 Å². The zero-order chi connectivity index (χ0) is 21.7. The fraction of sp³-hybridized carbons (Fsp3) is 0.429. The first-order valence-electron chi connectivity index (χ1n) is 9.98. The van der Waals surface area contributed by atoms with Crippen LogP contribution in [0, 0.1) is 5.92 Å². The number of carbonyl (C=O) groups is 2. The number of piperidine rings is 1. The molecule has 0 aliphatic carbocycles. The Kier molecular flexibility index (Phi) is 7.27. The molecule has 1 aromatic heterocycles. The van der Waals surface area contributed by atoms with E-state index in [1.165, 1.54) is 17.4 Å². The van der Waals surface area contributed by atoms with Gasteiger partial charge in [-0.15, -0.1) is 11.3 Å². The molecule has 2 N–H and O–H groups in total. The van der Waals surface area contributed by atoms with E-state index in [1.54, 1.807) is 43.0 Å². The predicted molar refractivity (Wildman–Crippen MR) is 117 cm³/mol. The molecule has 2 aromatic rings. The highest BCUT2D eigenvalue weighted by atomic mass is 32.2. The number of carbonyl (C=O) groups excluding carboxylic acids is 2. The second-order valence-electron chi connectivity index (χ2n) is 7.71. The van der Waals surface area contributed by atoms with E-state index in [4.69, 9.17) is 0 Å². The van der Waals surface area contributed by atoms with Crippen LogP contribution in [0.4, 0.5) is 0 Å². The molecule has 9 heteroatoms. The summed E-state index contributed by atoms with van der Waals surface area (Å²) in [6.45, 7) is 4.81. The van der Waals surface area contributed by atoms with E-state index in [2.05, 4.69) is 10.0 Å². The zero-order valence-electron chi connectivity index (χ0n) is 17.1. The van der Waals surface area contributed by atoms with Gasteiger partial charge in [0, 0.05) is 25.7 Å². The minimum atomic E-state index is -3.59. The van der Waals surface area contributed by atoms with E-state index in [-0.39, 0.29) is 35.2 Å². The molecule has 0 bridgehead atoms. The maximum Gasteiger partial charge on any atom is 0.263 e. The monoisotopic (exact) mass is 449 g/mol. The van der Waals surface area contributed by atoms with E-state index in [0.717, 1.165) is 12.8 Å². The Morgan fingerprint density at radius 3 is 2.73 bits per heavy atom. The number of hydrogen-bond donors (Lipinski definition) is 2. The summed E-state index contributed by atoms with van der Waals surface area (Å²) in [5.74, 6) is -0.414. The highest BCUT2D eigenvalue weighted by molar-refractivity contribution is 7.89. The molecule has 0 saturated carbocycles. The summed E-state index contributed by atoms with van der Waals surface area (Å²) < 4.78 is 27.2. The van der Waals surface area contributed by atoms with E-state index in [1.807, 2.05) is 11.4 Å². The van der Waals surface area contributed by atoms with Gasteiger partial charge in [0.2, 0.25) is 15.9 Å². The van der Waals surface area contributed by atoms with Gasteiger partial charge in [-0.25, -0.2) is 13.1 Å². The summed E-state index contributed by atoms with van der Waals surface area (Å²) in [7, 11) is -3.59. The third-order valence-corrected chi connectivity index (χ3v) is 7.39. The van der Waals surface area contributed by atoms with Gasteiger partial charge in [-0.05, 0) is 55.8 Å². The second kappa shape index (κ2) is 9.72. The average Bonchev–Trinajstić information content (AvgIpc) is 3.26. The average molecular weight is 450 g/mol. The lowest BCUT2D eigenvalue weighted by molar-refractivity contribution is -0.126. The topological polar surface area (TPSA) is 95.6 Å². The minimum absolute atomic E-state index is 0.0296. The van der Waals surface area contributed by atoms with Gasteiger partial charge in [-0.1, -0.05) is 18.2 Å². The number of thiophene rings is 1. The summed E-state index contributed by atoms with van der Waals surface area (Å²) in [5.41, 5.74) is 0.706. The van der Waals surface area contributed by atoms with Crippen molar-refractivity contribution in [1.82, 2.24) is 14.9 Å². The van der Waals surface area contributed by atoms with Crippen molar-refractivity contribution in [2.24, 2.45) is 5.92 Å². The maximum atomic E-state index is 12.7. The van der Waals surface area contributed by atoms with Gasteiger partial charge in [0.15, 0.2) is 0 Å². The Balaban J connectivity index is 1.59. The maximum absolute atomic E-state index is 12.7. The lowest BCUT2D eigenvalue weighted by Crippen LogP contribution is -2.45. The van der Waals surface area contributed by atoms with Gasteiger partial charge in [0.25, 0.3) is 5.91 Å². The molecule has 3 rings (SSSR count). The molecule has 0 spiro atoms. The summed E-state index contributed by atoms with van der Waals surface area (Å²) in [6, 6.07) is 9.98. The molecule has 162 valence electrons. The van der Waals surface area contributed by atoms with Gasteiger partial charge < -0.3 is 10.2 Å². The third kappa shape index (κ3) is 5.68. The molecule has 1 aliphatic heterocycles. The molecular formula is C21H27N3O4S2. The van der Waals surface area contributed by atoms with Crippen molar-refractivity contribution >= 4 is 33.2 Å². The Hall–Kier alpha value is -2.23. The molecule has 1 fully saturated rings. The van der Waals surface area contributed by atoms with Crippen molar-refractivity contribution in [3.05, 3.63) is 52.2 Å². The molecule has 1 atom stereocenters. The standard InChI is InChI=1S/C21H27N3O4S2/c1-15(2)23-30(27,28)18-8-3-6-16(12-18)13-22-20(25)17-7-4-10-24(14-17)21(26)19-9-5-11-29-19/h3,5-6,8-9,11-12,15,17,23H,4,7,10,13-14H2,1-2H3,(H,22,25). The van der Waals surface area contributed by atoms with Gasteiger partial charge >= 0.3 is 0 Å². The fourth-order valence-corrected chi connectivity index (χ4v) is 5.48. The normalized spacial score (nSPS) is 17.2. The zero-order valence-corrected chi connectivity index (χ0v) is 18.8. The van der Waals surface area contributed by atoms with Crippen LogP contribution in [0.15, 0.2) is 46.7 Å². The first-order chi connectivity index (χ1) is 14.3. The number of likely N-dealkylation sites (tertiary alicyclic amines) is 1. The van der Waals surface area contributed by atoms with E-state index >= 15 is 0 Å². The van der Waals surface area contributed by atoms with Crippen molar-refractivity contribution < 1.29 is 18.0 Å². The molecule has 0 radical (unpaired) electrons.